The fraction of sp³-hybridized carbons (Fsp3) is 0.870. The van der Waals surface area contributed by atoms with Crippen LogP contribution in [-0.4, -0.2) is 51.7 Å². The van der Waals surface area contributed by atoms with Gasteiger partial charge < -0.3 is 14.9 Å². The van der Waals surface area contributed by atoms with Crippen LogP contribution in [0.2, 0.25) is 0 Å². The quantitative estimate of drug-likeness (QED) is 0.675. The number of ether oxygens (including phenoxy) is 1. The summed E-state index contributed by atoms with van der Waals surface area (Å²) in [5.74, 6) is -1.82. The van der Waals surface area contributed by atoms with Crippen LogP contribution in [0.4, 0.5) is 4.39 Å². The van der Waals surface area contributed by atoms with Crippen LogP contribution in [0.1, 0.15) is 72.1 Å². The van der Waals surface area contributed by atoms with Crippen molar-refractivity contribution < 1.29 is 33.7 Å². The van der Waals surface area contributed by atoms with Crippen molar-refractivity contribution in [1.82, 2.24) is 0 Å². The van der Waals surface area contributed by atoms with Crippen LogP contribution in [-0.2, 0) is 19.1 Å². The maximum absolute atomic E-state index is 17.0. The fourth-order valence-electron chi connectivity index (χ4n) is 7.80. The lowest BCUT2D eigenvalue weighted by molar-refractivity contribution is -0.254. The molecule has 4 rings (SSSR count). The number of aliphatic hydroxyl groups is 2. The Morgan fingerprint density at radius 3 is 2.50 bits per heavy atom. The third-order valence-electron chi connectivity index (χ3n) is 9.58. The normalized spacial score (nSPS) is 50.3. The van der Waals surface area contributed by atoms with Gasteiger partial charge in [0.15, 0.2) is 6.61 Å². The zero-order valence-electron chi connectivity index (χ0n) is 18.1. The van der Waals surface area contributed by atoms with Crippen LogP contribution < -0.4 is 0 Å². The van der Waals surface area contributed by atoms with E-state index < -0.39 is 52.5 Å². The number of Topliss-reactive ketones (excluding diaryl/α,β-unsaturated/α-hetero) is 2. The van der Waals surface area contributed by atoms with Crippen molar-refractivity contribution in [1.29, 1.82) is 0 Å². The molecule has 4 saturated carbocycles. The summed E-state index contributed by atoms with van der Waals surface area (Å²) in [6, 6.07) is 0. The smallest absolute Gasteiger partial charge is 0.303 e. The van der Waals surface area contributed by atoms with Crippen LogP contribution in [0.3, 0.4) is 0 Å². The molecule has 4 fully saturated rings. The molecule has 0 aliphatic heterocycles. The number of alkyl halides is 1. The van der Waals surface area contributed by atoms with E-state index in [1.807, 2.05) is 6.92 Å². The lowest BCUT2D eigenvalue weighted by Gasteiger charge is -2.65. The van der Waals surface area contributed by atoms with E-state index in [4.69, 9.17) is 4.74 Å². The van der Waals surface area contributed by atoms with Crippen molar-refractivity contribution in [3.05, 3.63) is 0 Å². The summed E-state index contributed by atoms with van der Waals surface area (Å²) in [5.41, 5.74) is -5.37. The molecule has 0 spiro atoms. The molecule has 4 aliphatic carbocycles. The van der Waals surface area contributed by atoms with Gasteiger partial charge in [-0.3, -0.25) is 14.4 Å². The van der Waals surface area contributed by atoms with Gasteiger partial charge in [0.25, 0.3) is 0 Å². The topological polar surface area (TPSA) is 101 Å². The van der Waals surface area contributed by atoms with Crippen LogP contribution >= 0.6 is 0 Å². The Hall–Kier alpha value is -1.34. The van der Waals surface area contributed by atoms with Crippen molar-refractivity contribution in [2.45, 2.75) is 89.5 Å². The molecule has 0 bridgehead atoms. The highest BCUT2D eigenvalue weighted by molar-refractivity contribution is 5.91. The number of aliphatic hydroxyl groups excluding tert-OH is 1. The van der Waals surface area contributed by atoms with Crippen molar-refractivity contribution >= 4 is 17.5 Å². The predicted molar refractivity (Wildman–Crippen MR) is 105 cm³/mol. The summed E-state index contributed by atoms with van der Waals surface area (Å²) in [4.78, 5) is 36.0. The first-order chi connectivity index (χ1) is 13.9. The lowest BCUT2D eigenvalue weighted by Crippen LogP contribution is -2.71. The molecule has 7 heteroatoms. The minimum Gasteiger partial charge on any atom is -0.458 e. The highest BCUT2D eigenvalue weighted by atomic mass is 19.1. The molecular weight excluding hydrogens is 391 g/mol. The maximum atomic E-state index is 17.0. The third kappa shape index (κ3) is 2.63. The van der Waals surface area contributed by atoms with E-state index in [-0.39, 0.29) is 30.5 Å². The first-order valence-corrected chi connectivity index (χ1v) is 11.2. The molecule has 0 radical (unpaired) electrons. The predicted octanol–water partition coefficient (Wildman–Crippen LogP) is 2.52. The standard InChI is InChI=1S/C23H33FO6/c1-13(25)30-12-19(28)22(29)9-7-16-17-5-4-14-10-15(26)6-8-20(14,2)23(17,24)18(27)11-21(16,22)3/h14,16-18,27,29H,4-12H2,1-3H3/t14?,16-,17-,18?,20-,21-,22-,23-/m0/s1. The van der Waals surface area contributed by atoms with Crippen molar-refractivity contribution in [3.63, 3.8) is 0 Å². The summed E-state index contributed by atoms with van der Waals surface area (Å²) in [7, 11) is 0. The Morgan fingerprint density at radius 1 is 1.13 bits per heavy atom. The first kappa shape index (κ1) is 21.9. The van der Waals surface area contributed by atoms with Gasteiger partial charge in [-0.05, 0) is 56.3 Å². The maximum Gasteiger partial charge on any atom is 0.303 e. The molecule has 4 aliphatic rings. The van der Waals surface area contributed by atoms with Crippen LogP contribution in [0, 0.1) is 28.6 Å². The van der Waals surface area contributed by atoms with Gasteiger partial charge in [0.1, 0.15) is 17.1 Å². The fourth-order valence-corrected chi connectivity index (χ4v) is 7.80. The van der Waals surface area contributed by atoms with E-state index in [2.05, 4.69) is 0 Å². The molecule has 0 amide bonds. The number of carbonyl (C=O) groups excluding carboxylic acids is 3. The van der Waals surface area contributed by atoms with E-state index in [0.717, 1.165) is 6.42 Å². The highest BCUT2D eigenvalue weighted by Gasteiger charge is 2.75. The molecule has 0 aromatic carbocycles. The number of hydrogen-bond acceptors (Lipinski definition) is 6. The van der Waals surface area contributed by atoms with E-state index in [1.165, 1.54) is 6.92 Å². The molecule has 0 aromatic heterocycles. The summed E-state index contributed by atoms with van der Waals surface area (Å²) >= 11 is 0. The Kier molecular flexibility index (Phi) is 4.98. The lowest BCUT2D eigenvalue weighted by atomic mass is 9.42. The van der Waals surface area contributed by atoms with E-state index >= 15 is 4.39 Å². The van der Waals surface area contributed by atoms with Gasteiger partial charge in [-0.1, -0.05) is 13.8 Å². The molecule has 0 aromatic rings. The van der Waals surface area contributed by atoms with Gasteiger partial charge in [-0.2, -0.15) is 0 Å². The van der Waals surface area contributed by atoms with Crippen LogP contribution in [0.5, 0.6) is 0 Å². The molecule has 2 N–H and O–H groups in total. The van der Waals surface area contributed by atoms with Gasteiger partial charge >= 0.3 is 5.97 Å². The van der Waals surface area contributed by atoms with Crippen molar-refractivity contribution in [2.75, 3.05) is 6.61 Å². The number of ketones is 2. The second-order valence-corrected chi connectivity index (χ2v) is 10.7. The van der Waals surface area contributed by atoms with Crippen LogP contribution in [0.25, 0.3) is 0 Å². The highest BCUT2D eigenvalue weighted by Crippen LogP contribution is 2.70. The minimum atomic E-state index is -1.84. The van der Waals surface area contributed by atoms with E-state index in [9.17, 15) is 24.6 Å². The van der Waals surface area contributed by atoms with Crippen molar-refractivity contribution in [2.24, 2.45) is 28.6 Å². The molecule has 0 saturated heterocycles. The SMILES string of the molecule is CC(=O)OCC(=O)[C@@]1(O)CC[C@H]2[C@@H]3CCC4CC(=O)CC[C@]4(C)[C@@]3(F)C(O)C[C@@]21C. The summed E-state index contributed by atoms with van der Waals surface area (Å²) in [6.07, 6.45) is 1.71. The zero-order valence-corrected chi connectivity index (χ0v) is 18.1. The van der Waals surface area contributed by atoms with Gasteiger partial charge in [0, 0.05) is 30.6 Å². The molecular formula is C23H33FO6. The summed E-state index contributed by atoms with van der Waals surface area (Å²) in [5, 5.41) is 22.6. The summed E-state index contributed by atoms with van der Waals surface area (Å²) in [6.45, 7) is 4.34. The largest absolute Gasteiger partial charge is 0.458 e. The van der Waals surface area contributed by atoms with Crippen molar-refractivity contribution in [3.8, 4) is 0 Å². The molecule has 2 unspecified atom stereocenters. The Bertz CT molecular complexity index is 784. The Labute approximate surface area is 176 Å². The van der Waals surface area contributed by atoms with Gasteiger partial charge in [0.2, 0.25) is 5.78 Å². The molecule has 30 heavy (non-hydrogen) atoms. The van der Waals surface area contributed by atoms with Gasteiger partial charge in [0.05, 0.1) is 6.10 Å². The average molecular weight is 425 g/mol. The number of rotatable bonds is 3. The number of fused-ring (bicyclic) bond motifs is 5. The minimum absolute atomic E-state index is 0.0246. The van der Waals surface area contributed by atoms with Gasteiger partial charge in [-0.25, -0.2) is 4.39 Å². The molecule has 168 valence electrons. The number of carbonyl (C=O) groups is 3. The zero-order chi connectivity index (χ0) is 22.1. The van der Waals surface area contributed by atoms with Crippen LogP contribution in [0.15, 0.2) is 0 Å². The Balaban J connectivity index is 1.68. The number of esters is 1. The van der Waals surface area contributed by atoms with E-state index in [0.29, 0.717) is 32.1 Å². The second-order valence-electron chi connectivity index (χ2n) is 10.7. The monoisotopic (exact) mass is 424 g/mol. The first-order valence-electron chi connectivity index (χ1n) is 11.2. The molecule has 0 heterocycles. The number of halogens is 1. The summed E-state index contributed by atoms with van der Waals surface area (Å²) < 4.78 is 21.8. The number of hydrogen-bond donors (Lipinski definition) is 2. The molecule has 6 nitrogen and oxygen atoms in total. The average Bonchev–Trinajstić information content (AvgIpc) is 2.94. The van der Waals surface area contributed by atoms with Gasteiger partial charge in [-0.15, -0.1) is 0 Å². The molecule has 8 atom stereocenters. The second kappa shape index (κ2) is 6.83. The third-order valence-corrected chi connectivity index (χ3v) is 9.58. The van der Waals surface area contributed by atoms with E-state index in [1.54, 1.807) is 6.92 Å². The Morgan fingerprint density at radius 2 is 1.83 bits per heavy atom.